The Bertz CT molecular complexity index is 1530. The van der Waals surface area contributed by atoms with Crippen LogP contribution in [-0.2, 0) is 6.54 Å². The number of carbonyl (C=O) groups is 1. The van der Waals surface area contributed by atoms with Crippen LogP contribution >= 0.6 is 0 Å². The summed E-state index contributed by atoms with van der Waals surface area (Å²) in [5, 5.41) is 3.15. The fourth-order valence-corrected chi connectivity index (χ4v) is 4.76. The van der Waals surface area contributed by atoms with Gasteiger partial charge in [-0.3, -0.25) is 4.79 Å². The molecule has 0 saturated carbocycles. The molecule has 1 aromatic heterocycles. The minimum atomic E-state index is -0.0898. The average molecular weight is 488 g/mol. The molecule has 0 unspecified atom stereocenters. The van der Waals surface area contributed by atoms with E-state index < -0.39 is 0 Å². The van der Waals surface area contributed by atoms with Crippen molar-refractivity contribution in [1.29, 1.82) is 0 Å². The molecule has 4 nitrogen and oxygen atoms in total. The predicted molar refractivity (Wildman–Crippen MR) is 152 cm³/mol. The molecule has 0 radical (unpaired) electrons. The van der Waals surface area contributed by atoms with Crippen molar-refractivity contribution in [2.75, 3.05) is 0 Å². The van der Waals surface area contributed by atoms with Crippen molar-refractivity contribution in [3.05, 3.63) is 125 Å². The van der Waals surface area contributed by atoms with Crippen LogP contribution in [0.25, 0.3) is 22.2 Å². The van der Waals surface area contributed by atoms with Gasteiger partial charge in [-0.15, -0.1) is 0 Å². The van der Waals surface area contributed by atoms with Gasteiger partial charge in [0.05, 0.1) is 17.1 Å². The highest BCUT2D eigenvalue weighted by Crippen LogP contribution is 2.24. The highest BCUT2D eigenvalue weighted by Gasteiger charge is 2.15. The molecule has 0 aliphatic heterocycles. The number of nitrogens with zero attached hydrogens (tertiary/aromatic N) is 2. The fraction of sp³-hybridized carbons (Fsp3) is 0.212. The van der Waals surface area contributed by atoms with Crippen LogP contribution in [0, 0.1) is 6.92 Å². The molecule has 0 aliphatic carbocycles. The largest absolute Gasteiger partial charge is 0.346 e. The van der Waals surface area contributed by atoms with Crippen LogP contribution in [-0.4, -0.2) is 15.5 Å². The van der Waals surface area contributed by atoms with Crippen molar-refractivity contribution in [1.82, 2.24) is 14.9 Å². The number of aromatic nitrogens is 2. The number of imidazole rings is 1. The Kier molecular flexibility index (Phi) is 6.91. The number of benzene rings is 4. The Balaban J connectivity index is 1.32. The zero-order valence-corrected chi connectivity index (χ0v) is 21.9. The number of fused-ring (bicyclic) bond motifs is 1. The highest BCUT2D eigenvalue weighted by molar-refractivity contribution is 5.97. The monoisotopic (exact) mass is 487 g/mol. The van der Waals surface area contributed by atoms with Crippen LogP contribution in [0.15, 0.2) is 97.1 Å². The van der Waals surface area contributed by atoms with E-state index in [0.717, 1.165) is 29.0 Å². The lowest BCUT2D eigenvalue weighted by molar-refractivity contribution is 0.0940. The molecule has 5 aromatic rings. The second-order valence-corrected chi connectivity index (χ2v) is 10.0. The summed E-state index contributed by atoms with van der Waals surface area (Å²) < 4.78 is 2.20. The lowest BCUT2D eigenvalue weighted by atomic mass is 9.98. The van der Waals surface area contributed by atoms with E-state index in [1.54, 1.807) is 0 Å². The third kappa shape index (κ3) is 5.34. The van der Waals surface area contributed by atoms with Gasteiger partial charge in [-0.1, -0.05) is 92.7 Å². The summed E-state index contributed by atoms with van der Waals surface area (Å²) in [6.45, 7) is 9.13. The number of carbonyl (C=O) groups excluding carboxylic acids is 1. The molecular formula is C33H33N3O. The molecular weight excluding hydrogens is 454 g/mol. The van der Waals surface area contributed by atoms with E-state index in [4.69, 9.17) is 4.98 Å². The normalized spacial score (nSPS) is 12.1. The minimum absolute atomic E-state index is 0.0833. The molecule has 1 N–H and O–H groups in total. The molecule has 0 spiro atoms. The zero-order chi connectivity index (χ0) is 25.9. The van der Waals surface area contributed by atoms with E-state index in [9.17, 15) is 4.79 Å². The van der Waals surface area contributed by atoms with Crippen LogP contribution in [0.3, 0.4) is 0 Å². The molecule has 5 rings (SSSR count). The topological polar surface area (TPSA) is 46.9 Å². The number of hydrogen-bond donors (Lipinski definition) is 1. The molecule has 0 saturated heterocycles. The van der Waals surface area contributed by atoms with Crippen molar-refractivity contribution in [3.63, 3.8) is 0 Å². The Morgan fingerprint density at radius 1 is 0.811 bits per heavy atom. The molecule has 37 heavy (non-hydrogen) atoms. The number of hydrogen-bond acceptors (Lipinski definition) is 2. The van der Waals surface area contributed by atoms with Crippen molar-refractivity contribution in [3.8, 4) is 11.1 Å². The Morgan fingerprint density at radius 3 is 2.24 bits per heavy atom. The van der Waals surface area contributed by atoms with Crippen LogP contribution in [0.4, 0.5) is 0 Å². The second-order valence-electron chi connectivity index (χ2n) is 10.0. The van der Waals surface area contributed by atoms with E-state index in [-0.39, 0.29) is 11.9 Å². The van der Waals surface area contributed by atoms with Gasteiger partial charge in [-0.2, -0.15) is 0 Å². The molecule has 1 heterocycles. The van der Waals surface area contributed by atoms with Crippen molar-refractivity contribution >= 4 is 16.9 Å². The first-order valence-electron chi connectivity index (χ1n) is 12.9. The molecule has 0 fully saturated rings. The predicted octanol–water partition coefficient (Wildman–Crippen LogP) is 7.67. The van der Waals surface area contributed by atoms with E-state index >= 15 is 0 Å². The Morgan fingerprint density at radius 2 is 1.51 bits per heavy atom. The second kappa shape index (κ2) is 10.4. The van der Waals surface area contributed by atoms with Crippen molar-refractivity contribution in [2.24, 2.45) is 0 Å². The lowest BCUT2D eigenvalue weighted by Gasteiger charge is -2.16. The van der Waals surface area contributed by atoms with Gasteiger partial charge in [0.1, 0.15) is 5.82 Å². The average Bonchev–Trinajstić information content (AvgIpc) is 3.23. The number of nitrogens with one attached hydrogen (secondary N) is 1. The maximum absolute atomic E-state index is 13.1. The SMILES string of the molecule is Cc1nc2cc(C(=O)N[C@@H](C)c3cccc(C(C)C)c3)ccc2n1Cc1ccc(-c2ccccc2)cc1. The standard InChI is InChI=1S/C33H33N3O/c1-22(2)28-11-8-12-29(19-28)23(3)34-33(37)30-17-18-32-31(20-30)35-24(4)36(32)21-25-13-15-27(16-14-25)26-9-6-5-7-10-26/h5-20,22-23H,21H2,1-4H3,(H,34,37)/t23-/m0/s1. The number of amides is 1. The minimum Gasteiger partial charge on any atom is -0.346 e. The first-order chi connectivity index (χ1) is 17.9. The molecule has 1 amide bonds. The molecule has 4 heteroatoms. The first-order valence-corrected chi connectivity index (χ1v) is 12.9. The summed E-state index contributed by atoms with van der Waals surface area (Å²) in [6.07, 6.45) is 0. The van der Waals surface area contributed by atoms with Gasteiger partial charge in [-0.05, 0) is 65.8 Å². The summed E-state index contributed by atoms with van der Waals surface area (Å²) in [4.78, 5) is 17.8. The van der Waals surface area contributed by atoms with E-state index in [1.807, 2.05) is 38.1 Å². The van der Waals surface area contributed by atoms with Gasteiger partial charge in [0.15, 0.2) is 0 Å². The summed E-state index contributed by atoms with van der Waals surface area (Å²) in [6, 6.07) is 33.2. The van der Waals surface area contributed by atoms with Gasteiger partial charge < -0.3 is 9.88 Å². The quantitative estimate of drug-likeness (QED) is 0.256. The van der Waals surface area contributed by atoms with Crippen LogP contribution in [0.1, 0.15) is 65.6 Å². The van der Waals surface area contributed by atoms with Gasteiger partial charge in [0.2, 0.25) is 0 Å². The maximum Gasteiger partial charge on any atom is 0.251 e. The molecule has 186 valence electrons. The molecule has 1 atom stereocenters. The number of rotatable bonds is 7. The fourth-order valence-electron chi connectivity index (χ4n) is 4.76. The maximum atomic E-state index is 13.1. The molecule has 4 aromatic carbocycles. The van der Waals surface area contributed by atoms with E-state index in [0.29, 0.717) is 11.5 Å². The van der Waals surface area contributed by atoms with Gasteiger partial charge in [-0.25, -0.2) is 4.98 Å². The van der Waals surface area contributed by atoms with Crippen molar-refractivity contribution < 1.29 is 4.79 Å². The zero-order valence-electron chi connectivity index (χ0n) is 21.9. The molecule has 0 aliphatic rings. The van der Waals surface area contributed by atoms with Crippen LogP contribution in [0.5, 0.6) is 0 Å². The van der Waals surface area contributed by atoms with Crippen LogP contribution in [0.2, 0.25) is 0 Å². The smallest absolute Gasteiger partial charge is 0.251 e. The number of aryl methyl sites for hydroxylation is 1. The van der Waals surface area contributed by atoms with Gasteiger partial charge in [0, 0.05) is 12.1 Å². The third-order valence-electron chi connectivity index (χ3n) is 7.03. The van der Waals surface area contributed by atoms with Gasteiger partial charge in [0.25, 0.3) is 5.91 Å². The first kappa shape index (κ1) is 24.5. The van der Waals surface area contributed by atoms with Gasteiger partial charge >= 0.3 is 0 Å². The Hall–Kier alpha value is -4.18. The highest BCUT2D eigenvalue weighted by atomic mass is 16.1. The Labute approximate surface area is 219 Å². The lowest BCUT2D eigenvalue weighted by Crippen LogP contribution is -2.26. The van der Waals surface area contributed by atoms with E-state index in [1.165, 1.54) is 22.3 Å². The van der Waals surface area contributed by atoms with Crippen LogP contribution < -0.4 is 5.32 Å². The molecule has 0 bridgehead atoms. The summed E-state index contributed by atoms with van der Waals surface area (Å²) in [5.74, 6) is 1.29. The van der Waals surface area contributed by atoms with Crippen molar-refractivity contribution in [2.45, 2.75) is 46.2 Å². The summed E-state index contributed by atoms with van der Waals surface area (Å²) >= 11 is 0. The van der Waals surface area contributed by atoms with E-state index in [2.05, 4.69) is 96.5 Å². The summed E-state index contributed by atoms with van der Waals surface area (Å²) in [7, 11) is 0. The summed E-state index contributed by atoms with van der Waals surface area (Å²) in [5.41, 5.74) is 8.50. The third-order valence-corrected chi connectivity index (χ3v) is 7.03.